The highest BCUT2D eigenvalue weighted by Gasteiger charge is 2.24. The minimum Gasteiger partial charge on any atom is -0.405 e. The topological polar surface area (TPSA) is 35.5 Å². The average molecular weight is 297 g/mol. The van der Waals surface area contributed by atoms with Crippen LogP contribution < -0.4 is 9.05 Å². The fourth-order valence-electron chi connectivity index (χ4n) is 1.61. The standard InChI is InChI=1S/C14H14ClO3P/c1-11-5-3-7-13(9-11)17-19(15,16)18-14-8-4-6-12(2)10-14/h3-10H,1-2H3. The van der Waals surface area contributed by atoms with Crippen LogP contribution in [0.1, 0.15) is 11.1 Å². The minimum atomic E-state index is -3.70. The first-order valence-corrected chi connectivity index (χ1v) is 8.22. The fourth-order valence-corrected chi connectivity index (χ4v) is 2.86. The van der Waals surface area contributed by atoms with Gasteiger partial charge in [0.2, 0.25) is 0 Å². The quantitative estimate of drug-likeness (QED) is 0.736. The monoisotopic (exact) mass is 296 g/mol. The van der Waals surface area contributed by atoms with Crippen LogP contribution in [0.15, 0.2) is 48.5 Å². The van der Waals surface area contributed by atoms with Gasteiger partial charge in [-0.15, -0.1) is 0 Å². The summed E-state index contributed by atoms with van der Waals surface area (Å²) in [6, 6.07) is 14.3. The van der Waals surface area contributed by atoms with Crippen molar-refractivity contribution >= 4 is 18.2 Å². The molecule has 2 aromatic rings. The van der Waals surface area contributed by atoms with Crippen LogP contribution in [0, 0.1) is 13.8 Å². The van der Waals surface area contributed by atoms with Crippen molar-refractivity contribution in [3.8, 4) is 11.5 Å². The molecule has 0 aromatic heterocycles. The summed E-state index contributed by atoms with van der Waals surface area (Å²) >= 11 is 5.82. The lowest BCUT2D eigenvalue weighted by Crippen LogP contribution is -1.95. The van der Waals surface area contributed by atoms with Crippen LogP contribution in [0.4, 0.5) is 0 Å². The van der Waals surface area contributed by atoms with Gasteiger partial charge in [-0.1, -0.05) is 24.3 Å². The van der Waals surface area contributed by atoms with E-state index in [1.807, 2.05) is 26.0 Å². The molecule has 0 saturated carbocycles. The first kappa shape index (κ1) is 14.0. The van der Waals surface area contributed by atoms with E-state index in [4.69, 9.17) is 20.3 Å². The summed E-state index contributed by atoms with van der Waals surface area (Å²) in [6.45, 7) is 0.117. The van der Waals surface area contributed by atoms with E-state index in [1.165, 1.54) is 0 Å². The van der Waals surface area contributed by atoms with Crippen LogP contribution in [-0.2, 0) is 4.57 Å². The Kier molecular flexibility index (Phi) is 4.18. The highest BCUT2D eigenvalue weighted by Crippen LogP contribution is 2.53. The number of aryl methyl sites for hydroxylation is 2. The SMILES string of the molecule is Cc1cccc(OP(=O)(Cl)Oc2cccc(C)c2)c1. The van der Waals surface area contributed by atoms with Gasteiger partial charge in [0.1, 0.15) is 11.5 Å². The van der Waals surface area contributed by atoms with Gasteiger partial charge in [-0.3, -0.25) is 0 Å². The highest BCUT2D eigenvalue weighted by atomic mass is 35.7. The first-order valence-electron chi connectivity index (χ1n) is 5.77. The van der Waals surface area contributed by atoms with Crippen LogP contribution in [0.3, 0.4) is 0 Å². The maximum atomic E-state index is 12.1. The molecule has 0 fully saturated rings. The van der Waals surface area contributed by atoms with Crippen molar-refractivity contribution in [2.24, 2.45) is 0 Å². The lowest BCUT2D eigenvalue weighted by molar-refractivity contribution is 0.406. The number of hydrogen-bond donors (Lipinski definition) is 0. The molecule has 3 nitrogen and oxygen atoms in total. The molecule has 0 bridgehead atoms. The molecule has 19 heavy (non-hydrogen) atoms. The van der Waals surface area contributed by atoms with Crippen molar-refractivity contribution in [2.75, 3.05) is 0 Å². The third kappa shape index (κ3) is 4.30. The van der Waals surface area contributed by atoms with E-state index in [0.29, 0.717) is 11.5 Å². The molecule has 0 unspecified atom stereocenters. The fraction of sp³-hybridized carbons (Fsp3) is 0.143. The van der Waals surface area contributed by atoms with Crippen LogP contribution in [-0.4, -0.2) is 0 Å². The normalized spacial score (nSPS) is 11.1. The summed E-state index contributed by atoms with van der Waals surface area (Å²) in [7, 11) is 0. The van der Waals surface area contributed by atoms with Gasteiger partial charge < -0.3 is 9.05 Å². The lowest BCUT2D eigenvalue weighted by Gasteiger charge is -2.14. The van der Waals surface area contributed by atoms with Gasteiger partial charge in [-0.05, 0) is 49.2 Å². The number of halogens is 1. The van der Waals surface area contributed by atoms with Crippen molar-refractivity contribution in [1.29, 1.82) is 0 Å². The number of rotatable bonds is 4. The molecule has 0 spiro atoms. The summed E-state index contributed by atoms with van der Waals surface area (Å²) in [5, 5.41) is 0. The Morgan fingerprint density at radius 2 is 1.32 bits per heavy atom. The lowest BCUT2D eigenvalue weighted by atomic mass is 10.2. The molecular formula is C14H14ClO3P. The number of benzene rings is 2. The molecule has 0 radical (unpaired) electrons. The van der Waals surface area contributed by atoms with Gasteiger partial charge in [0.15, 0.2) is 0 Å². The molecule has 0 saturated heterocycles. The molecule has 0 amide bonds. The highest BCUT2D eigenvalue weighted by molar-refractivity contribution is 7.82. The molecule has 5 heteroatoms. The zero-order chi connectivity index (χ0) is 13.9. The predicted molar refractivity (Wildman–Crippen MR) is 77.1 cm³/mol. The minimum absolute atomic E-state index is 0.422. The van der Waals surface area contributed by atoms with Gasteiger partial charge in [0.25, 0.3) is 0 Å². The Hall–Kier alpha value is -1.44. The number of hydrogen-bond acceptors (Lipinski definition) is 3. The van der Waals surface area contributed by atoms with Gasteiger partial charge >= 0.3 is 6.95 Å². The third-order valence-corrected chi connectivity index (χ3v) is 3.68. The summed E-state index contributed by atoms with van der Waals surface area (Å²) in [4.78, 5) is 0. The Bertz CT molecular complexity index is 576. The molecule has 0 atom stereocenters. The van der Waals surface area contributed by atoms with Gasteiger partial charge in [-0.2, -0.15) is 0 Å². The van der Waals surface area contributed by atoms with Crippen LogP contribution >= 0.6 is 18.2 Å². The van der Waals surface area contributed by atoms with Crippen LogP contribution in [0.2, 0.25) is 0 Å². The molecule has 0 N–H and O–H groups in total. The van der Waals surface area contributed by atoms with E-state index in [-0.39, 0.29) is 0 Å². The maximum Gasteiger partial charge on any atom is 0.530 e. The second kappa shape index (κ2) is 5.68. The molecule has 0 aliphatic carbocycles. The molecule has 0 aliphatic heterocycles. The van der Waals surface area contributed by atoms with Crippen LogP contribution in [0.5, 0.6) is 11.5 Å². The Morgan fingerprint density at radius 3 is 1.68 bits per heavy atom. The van der Waals surface area contributed by atoms with Crippen molar-refractivity contribution in [3.05, 3.63) is 59.7 Å². The van der Waals surface area contributed by atoms with Crippen molar-refractivity contribution in [3.63, 3.8) is 0 Å². The van der Waals surface area contributed by atoms with Crippen molar-refractivity contribution in [2.45, 2.75) is 13.8 Å². The van der Waals surface area contributed by atoms with E-state index >= 15 is 0 Å². The predicted octanol–water partition coefficient (Wildman–Crippen LogP) is 5.11. The first-order chi connectivity index (χ1) is 8.94. The molecule has 0 heterocycles. The van der Waals surface area contributed by atoms with Gasteiger partial charge in [0, 0.05) is 11.2 Å². The van der Waals surface area contributed by atoms with Crippen molar-refractivity contribution < 1.29 is 13.6 Å². The van der Waals surface area contributed by atoms with E-state index in [2.05, 4.69) is 0 Å². The zero-order valence-electron chi connectivity index (χ0n) is 10.7. The summed E-state index contributed by atoms with van der Waals surface area (Å²) in [5.74, 6) is 0.844. The largest absolute Gasteiger partial charge is 0.530 e. The van der Waals surface area contributed by atoms with E-state index in [1.54, 1.807) is 36.4 Å². The molecule has 2 aromatic carbocycles. The van der Waals surface area contributed by atoms with E-state index in [0.717, 1.165) is 11.1 Å². The molecule has 2 rings (SSSR count). The zero-order valence-corrected chi connectivity index (χ0v) is 12.3. The van der Waals surface area contributed by atoms with Gasteiger partial charge in [0.05, 0.1) is 0 Å². The van der Waals surface area contributed by atoms with Crippen molar-refractivity contribution in [1.82, 2.24) is 0 Å². The Balaban J connectivity index is 2.12. The maximum absolute atomic E-state index is 12.1. The Morgan fingerprint density at radius 1 is 0.895 bits per heavy atom. The summed E-state index contributed by atoms with van der Waals surface area (Å²) in [5.41, 5.74) is 1.98. The van der Waals surface area contributed by atoms with E-state index < -0.39 is 6.95 Å². The summed E-state index contributed by atoms with van der Waals surface area (Å²) < 4.78 is 22.5. The average Bonchev–Trinajstić information content (AvgIpc) is 2.27. The summed E-state index contributed by atoms with van der Waals surface area (Å²) in [6.07, 6.45) is 0. The Labute approximate surface area is 117 Å². The smallest absolute Gasteiger partial charge is 0.405 e. The van der Waals surface area contributed by atoms with E-state index in [9.17, 15) is 4.57 Å². The second-order valence-corrected chi connectivity index (χ2v) is 6.71. The second-order valence-electron chi connectivity index (χ2n) is 4.25. The molecule has 0 aliphatic rings. The van der Waals surface area contributed by atoms with Gasteiger partial charge in [-0.25, -0.2) is 4.57 Å². The molecular weight excluding hydrogens is 283 g/mol. The third-order valence-electron chi connectivity index (χ3n) is 2.41. The van der Waals surface area contributed by atoms with Crippen LogP contribution in [0.25, 0.3) is 0 Å². The molecule has 100 valence electrons.